The summed E-state index contributed by atoms with van der Waals surface area (Å²) in [6.07, 6.45) is 1.85. The summed E-state index contributed by atoms with van der Waals surface area (Å²) in [6, 6.07) is 7.83. The van der Waals surface area contributed by atoms with Gasteiger partial charge in [0, 0.05) is 5.39 Å². The fraction of sp³-hybridized carbons (Fsp3) is 0.500. The molecule has 2 aromatic rings. The number of anilines is 1. The molecule has 112 valence electrons. The van der Waals surface area contributed by atoms with Gasteiger partial charge in [-0.1, -0.05) is 12.1 Å². The third-order valence-electron chi connectivity index (χ3n) is 4.36. The highest BCUT2D eigenvalue weighted by atomic mass is 16.3. The van der Waals surface area contributed by atoms with Gasteiger partial charge in [0.25, 0.3) is 0 Å². The highest BCUT2D eigenvalue weighted by Crippen LogP contribution is 2.22. The van der Waals surface area contributed by atoms with Crippen LogP contribution in [0.4, 0.5) is 5.82 Å². The molecule has 0 bridgehead atoms. The standard InChI is InChI=1S/C16H22N4O/c1-11(21)12-6-8-20(9-7-12)10-15-18-14-5-3-2-4-13(14)16(17)19-15/h2-5,11-12,21H,6-10H2,1H3,(H2,17,18,19). The summed E-state index contributed by atoms with van der Waals surface area (Å²) in [6.45, 7) is 4.56. The summed E-state index contributed by atoms with van der Waals surface area (Å²) >= 11 is 0. The molecule has 0 aliphatic carbocycles. The van der Waals surface area contributed by atoms with Crippen LogP contribution in [0.3, 0.4) is 0 Å². The van der Waals surface area contributed by atoms with Gasteiger partial charge < -0.3 is 10.8 Å². The van der Waals surface area contributed by atoms with Crippen LogP contribution in [0.15, 0.2) is 24.3 Å². The smallest absolute Gasteiger partial charge is 0.145 e. The van der Waals surface area contributed by atoms with Crippen molar-refractivity contribution in [2.24, 2.45) is 5.92 Å². The van der Waals surface area contributed by atoms with Crippen LogP contribution in [0.2, 0.25) is 0 Å². The summed E-state index contributed by atoms with van der Waals surface area (Å²) in [5, 5.41) is 10.6. The Balaban J connectivity index is 1.71. The van der Waals surface area contributed by atoms with Crippen molar-refractivity contribution in [1.29, 1.82) is 0 Å². The molecule has 21 heavy (non-hydrogen) atoms. The Labute approximate surface area is 124 Å². The Hall–Kier alpha value is -1.72. The molecule has 1 aromatic heterocycles. The molecule has 0 radical (unpaired) electrons. The predicted octanol–water partition coefficient (Wildman–Crippen LogP) is 1.80. The van der Waals surface area contributed by atoms with E-state index < -0.39 is 0 Å². The Morgan fingerprint density at radius 2 is 2.00 bits per heavy atom. The first-order chi connectivity index (χ1) is 10.1. The third-order valence-corrected chi connectivity index (χ3v) is 4.36. The topological polar surface area (TPSA) is 75.3 Å². The largest absolute Gasteiger partial charge is 0.393 e. The van der Waals surface area contributed by atoms with Crippen molar-refractivity contribution in [3.8, 4) is 0 Å². The van der Waals surface area contributed by atoms with E-state index in [1.54, 1.807) is 0 Å². The number of nitrogens with zero attached hydrogens (tertiary/aromatic N) is 3. The van der Waals surface area contributed by atoms with Crippen molar-refractivity contribution in [1.82, 2.24) is 14.9 Å². The molecular weight excluding hydrogens is 264 g/mol. The van der Waals surface area contributed by atoms with Crippen molar-refractivity contribution < 1.29 is 5.11 Å². The zero-order valence-electron chi connectivity index (χ0n) is 12.4. The van der Waals surface area contributed by atoms with Crippen molar-refractivity contribution in [3.63, 3.8) is 0 Å². The molecule has 1 atom stereocenters. The number of aliphatic hydroxyl groups excluding tert-OH is 1. The Bertz CT molecular complexity index is 621. The van der Waals surface area contributed by atoms with Gasteiger partial charge in [-0.25, -0.2) is 9.97 Å². The Morgan fingerprint density at radius 1 is 1.29 bits per heavy atom. The molecular formula is C16H22N4O. The van der Waals surface area contributed by atoms with E-state index >= 15 is 0 Å². The van der Waals surface area contributed by atoms with Crippen LogP contribution in [-0.2, 0) is 6.54 Å². The average molecular weight is 286 g/mol. The number of likely N-dealkylation sites (tertiary alicyclic amines) is 1. The SMILES string of the molecule is CC(O)C1CCN(Cc2nc(N)c3ccccc3n2)CC1. The monoisotopic (exact) mass is 286 g/mol. The van der Waals surface area contributed by atoms with E-state index in [0.717, 1.165) is 49.2 Å². The second kappa shape index (κ2) is 5.95. The molecule has 0 amide bonds. The van der Waals surface area contributed by atoms with Gasteiger partial charge in [-0.3, -0.25) is 4.90 Å². The molecule has 3 rings (SSSR count). The first-order valence-electron chi connectivity index (χ1n) is 7.55. The molecule has 1 aliphatic heterocycles. The number of nitrogens with two attached hydrogens (primary N) is 1. The zero-order valence-corrected chi connectivity index (χ0v) is 12.4. The Morgan fingerprint density at radius 3 is 2.71 bits per heavy atom. The quantitative estimate of drug-likeness (QED) is 0.900. The van der Waals surface area contributed by atoms with Crippen LogP contribution >= 0.6 is 0 Å². The highest BCUT2D eigenvalue weighted by molar-refractivity contribution is 5.87. The lowest BCUT2D eigenvalue weighted by molar-refractivity contribution is 0.0687. The van der Waals surface area contributed by atoms with Crippen LogP contribution in [0.1, 0.15) is 25.6 Å². The fourth-order valence-corrected chi connectivity index (χ4v) is 3.02. The maximum atomic E-state index is 9.65. The van der Waals surface area contributed by atoms with Gasteiger partial charge >= 0.3 is 0 Å². The molecule has 5 nitrogen and oxygen atoms in total. The van der Waals surface area contributed by atoms with E-state index in [9.17, 15) is 5.11 Å². The van der Waals surface area contributed by atoms with Gasteiger partial charge in [0.05, 0.1) is 18.2 Å². The average Bonchev–Trinajstić information content (AvgIpc) is 2.48. The number of hydrogen-bond donors (Lipinski definition) is 2. The fourth-order valence-electron chi connectivity index (χ4n) is 3.02. The summed E-state index contributed by atoms with van der Waals surface area (Å²) < 4.78 is 0. The number of piperidine rings is 1. The predicted molar refractivity (Wildman–Crippen MR) is 83.6 cm³/mol. The maximum Gasteiger partial charge on any atom is 0.145 e. The van der Waals surface area contributed by atoms with Crippen molar-refractivity contribution in [2.75, 3.05) is 18.8 Å². The van der Waals surface area contributed by atoms with Crippen LogP contribution in [0.5, 0.6) is 0 Å². The van der Waals surface area contributed by atoms with Gasteiger partial charge in [0.2, 0.25) is 0 Å². The molecule has 2 heterocycles. The number of rotatable bonds is 3. The summed E-state index contributed by atoms with van der Waals surface area (Å²) in [5.74, 6) is 1.75. The number of aromatic nitrogens is 2. The van der Waals surface area contributed by atoms with Gasteiger partial charge in [0.15, 0.2) is 0 Å². The number of benzene rings is 1. The van der Waals surface area contributed by atoms with Gasteiger partial charge in [0.1, 0.15) is 11.6 Å². The van der Waals surface area contributed by atoms with E-state index in [4.69, 9.17) is 5.73 Å². The highest BCUT2D eigenvalue weighted by Gasteiger charge is 2.23. The van der Waals surface area contributed by atoms with Crippen LogP contribution in [-0.4, -0.2) is 39.2 Å². The second-order valence-corrected chi connectivity index (χ2v) is 5.90. The minimum Gasteiger partial charge on any atom is -0.393 e. The van der Waals surface area contributed by atoms with Crippen LogP contribution < -0.4 is 5.73 Å². The van der Waals surface area contributed by atoms with E-state index in [-0.39, 0.29) is 6.10 Å². The first-order valence-corrected chi connectivity index (χ1v) is 7.55. The number of fused-ring (bicyclic) bond motifs is 1. The minimum atomic E-state index is -0.209. The summed E-state index contributed by atoms with van der Waals surface area (Å²) in [4.78, 5) is 11.4. The normalized spacial score (nSPS) is 19.0. The molecule has 1 saturated heterocycles. The van der Waals surface area contributed by atoms with E-state index in [2.05, 4.69) is 14.9 Å². The number of nitrogen functional groups attached to an aromatic ring is 1. The molecule has 1 fully saturated rings. The van der Waals surface area contributed by atoms with Crippen LogP contribution in [0.25, 0.3) is 10.9 Å². The summed E-state index contributed by atoms with van der Waals surface area (Å²) in [5.41, 5.74) is 6.92. The number of para-hydroxylation sites is 1. The number of aliphatic hydroxyl groups is 1. The van der Waals surface area contributed by atoms with Gasteiger partial charge in [-0.15, -0.1) is 0 Å². The molecule has 0 spiro atoms. The lowest BCUT2D eigenvalue weighted by Gasteiger charge is -2.32. The van der Waals surface area contributed by atoms with E-state index in [1.807, 2.05) is 31.2 Å². The van der Waals surface area contributed by atoms with Gasteiger partial charge in [-0.2, -0.15) is 0 Å². The lowest BCUT2D eigenvalue weighted by Crippen LogP contribution is -2.37. The zero-order chi connectivity index (χ0) is 14.8. The van der Waals surface area contributed by atoms with Crippen molar-refractivity contribution in [2.45, 2.75) is 32.4 Å². The van der Waals surface area contributed by atoms with E-state index in [0.29, 0.717) is 11.7 Å². The molecule has 3 N–H and O–H groups in total. The molecule has 1 unspecified atom stereocenters. The second-order valence-electron chi connectivity index (χ2n) is 5.90. The van der Waals surface area contributed by atoms with Crippen molar-refractivity contribution >= 4 is 16.7 Å². The van der Waals surface area contributed by atoms with E-state index in [1.165, 1.54) is 0 Å². The number of hydrogen-bond acceptors (Lipinski definition) is 5. The minimum absolute atomic E-state index is 0.209. The Kier molecular flexibility index (Phi) is 4.03. The van der Waals surface area contributed by atoms with Gasteiger partial charge in [-0.05, 0) is 50.9 Å². The third kappa shape index (κ3) is 3.14. The lowest BCUT2D eigenvalue weighted by atomic mass is 9.92. The van der Waals surface area contributed by atoms with Crippen molar-refractivity contribution in [3.05, 3.63) is 30.1 Å². The first kappa shape index (κ1) is 14.2. The molecule has 5 heteroatoms. The molecule has 1 aromatic carbocycles. The summed E-state index contributed by atoms with van der Waals surface area (Å²) in [7, 11) is 0. The molecule has 0 saturated carbocycles. The van der Waals surface area contributed by atoms with Crippen LogP contribution in [0, 0.1) is 5.92 Å². The molecule has 1 aliphatic rings. The maximum absolute atomic E-state index is 9.65.